The molecule has 0 radical (unpaired) electrons. The Labute approximate surface area is 135 Å². The number of nitrogens with zero attached hydrogens (tertiary/aromatic N) is 2. The average Bonchev–Trinajstić information content (AvgIpc) is 2.82. The van der Waals surface area contributed by atoms with E-state index < -0.39 is 0 Å². The SMILES string of the molecule is CCCNC(c1ccc(Cl)cc1Cl)c1c(OC)cnn1C. The van der Waals surface area contributed by atoms with Gasteiger partial charge in [0.1, 0.15) is 5.69 Å². The quantitative estimate of drug-likeness (QED) is 0.876. The van der Waals surface area contributed by atoms with Crippen LogP contribution >= 0.6 is 23.2 Å². The van der Waals surface area contributed by atoms with Crippen molar-refractivity contribution in [3.63, 3.8) is 0 Å². The van der Waals surface area contributed by atoms with E-state index in [4.69, 9.17) is 27.9 Å². The maximum atomic E-state index is 6.37. The normalized spacial score (nSPS) is 12.4. The highest BCUT2D eigenvalue weighted by Crippen LogP contribution is 2.34. The summed E-state index contributed by atoms with van der Waals surface area (Å²) in [7, 11) is 3.53. The molecule has 0 saturated heterocycles. The van der Waals surface area contributed by atoms with Crippen LogP contribution < -0.4 is 10.1 Å². The molecule has 2 aromatic rings. The molecule has 0 aliphatic heterocycles. The van der Waals surface area contributed by atoms with Gasteiger partial charge in [-0.05, 0) is 30.7 Å². The first kappa shape index (κ1) is 16.1. The van der Waals surface area contributed by atoms with Gasteiger partial charge in [-0.2, -0.15) is 5.10 Å². The third kappa shape index (κ3) is 3.51. The van der Waals surface area contributed by atoms with Crippen LogP contribution in [-0.4, -0.2) is 23.4 Å². The zero-order chi connectivity index (χ0) is 15.4. The Morgan fingerprint density at radius 1 is 1.38 bits per heavy atom. The fraction of sp³-hybridized carbons (Fsp3) is 0.400. The molecule has 0 aliphatic rings. The van der Waals surface area contributed by atoms with Crippen molar-refractivity contribution < 1.29 is 4.74 Å². The van der Waals surface area contributed by atoms with Gasteiger partial charge in [0.2, 0.25) is 0 Å². The maximum Gasteiger partial charge on any atom is 0.161 e. The molecule has 0 spiro atoms. The molecular formula is C15H19Cl2N3O. The second kappa shape index (κ2) is 7.16. The number of halogens is 2. The first-order valence-corrected chi connectivity index (χ1v) is 7.58. The lowest BCUT2D eigenvalue weighted by atomic mass is 10.0. The Hall–Kier alpha value is -1.23. The van der Waals surface area contributed by atoms with Crippen molar-refractivity contribution in [1.29, 1.82) is 0 Å². The van der Waals surface area contributed by atoms with E-state index in [9.17, 15) is 0 Å². The summed E-state index contributed by atoms with van der Waals surface area (Å²) in [5, 5.41) is 9.01. The van der Waals surface area contributed by atoms with Crippen LogP contribution in [0, 0.1) is 0 Å². The third-order valence-corrected chi connectivity index (χ3v) is 3.88. The lowest BCUT2D eigenvalue weighted by Crippen LogP contribution is -2.26. The predicted molar refractivity (Wildman–Crippen MR) is 86.4 cm³/mol. The molecule has 0 bridgehead atoms. The lowest BCUT2D eigenvalue weighted by Gasteiger charge is -2.21. The molecule has 0 amide bonds. The average molecular weight is 328 g/mol. The minimum absolute atomic E-state index is 0.0998. The predicted octanol–water partition coefficient (Wildman–Crippen LogP) is 3.82. The van der Waals surface area contributed by atoms with Gasteiger partial charge in [0, 0.05) is 17.1 Å². The Morgan fingerprint density at radius 3 is 2.76 bits per heavy atom. The van der Waals surface area contributed by atoms with E-state index in [1.54, 1.807) is 24.1 Å². The van der Waals surface area contributed by atoms with E-state index in [0.29, 0.717) is 10.0 Å². The van der Waals surface area contributed by atoms with E-state index in [2.05, 4.69) is 17.3 Å². The van der Waals surface area contributed by atoms with E-state index in [1.165, 1.54) is 0 Å². The summed E-state index contributed by atoms with van der Waals surface area (Å²) in [4.78, 5) is 0. The summed E-state index contributed by atoms with van der Waals surface area (Å²) in [6.07, 6.45) is 2.72. The molecule has 1 aromatic carbocycles. The number of nitrogens with one attached hydrogen (secondary N) is 1. The number of ether oxygens (including phenoxy) is 1. The summed E-state index contributed by atoms with van der Waals surface area (Å²) in [6, 6.07) is 5.43. The van der Waals surface area contributed by atoms with Crippen molar-refractivity contribution in [3.05, 3.63) is 45.7 Å². The Balaban J connectivity index is 2.49. The molecule has 114 valence electrons. The van der Waals surface area contributed by atoms with Gasteiger partial charge in [0.05, 0.1) is 19.3 Å². The minimum Gasteiger partial charge on any atom is -0.493 e. The van der Waals surface area contributed by atoms with Crippen molar-refractivity contribution in [3.8, 4) is 5.75 Å². The van der Waals surface area contributed by atoms with Gasteiger partial charge < -0.3 is 10.1 Å². The second-order valence-electron chi connectivity index (χ2n) is 4.77. The van der Waals surface area contributed by atoms with Crippen molar-refractivity contribution in [1.82, 2.24) is 15.1 Å². The van der Waals surface area contributed by atoms with Crippen molar-refractivity contribution in [2.45, 2.75) is 19.4 Å². The summed E-state index contributed by atoms with van der Waals surface area (Å²) < 4.78 is 7.22. The molecule has 0 fully saturated rings. The molecule has 1 unspecified atom stereocenters. The zero-order valence-corrected chi connectivity index (χ0v) is 13.9. The summed E-state index contributed by atoms with van der Waals surface area (Å²) in [6.45, 7) is 2.98. The molecule has 0 aliphatic carbocycles. The molecule has 0 saturated carbocycles. The van der Waals surface area contributed by atoms with Gasteiger partial charge in [-0.25, -0.2) is 0 Å². The van der Waals surface area contributed by atoms with E-state index in [1.807, 2.05) is 19.2 Å². The number of aromatic nitrogens is 2. The molecule has 1 heterocycles. The Morgan fingerprint density at radius 2 is 2.14 bits per heavy atom. The summed E-state index contributed by atoms with van der Waals surface area (Å²) in [5.74, 6) is 0.733. The van der Waals surface area contributed by atoms with Crippen LogP contribution in [0.2, 0.25) is 10.0 Å². The van der Waals surface area contributed by atoms with Gasteiger partial charge in [0.15, 0.2) is 5.75 Å². The molecule has 21 heavy (non-hydrogen) atoms. The second-order valence-corrected chi connectivity index (χ2v) is 5.62. The number of aryl methyl sites for hydroxylation is 1. The Bertz CT molecular complexity index is 613. The van der Waals surface area contributed by atoms with Crippen molar-refractivity contribution >= 4 is 23.2 Å². The molecule has 6 heteroatoms. The van der Waals surface area contributed by atoms with Crippen LogP contribution in [0.15, 0.2) is 24.4 Å². The van der Waals surface area contributed by atoms with E-state index >= 15 is 0 Å². The smallest absolute Gasteiger partial charge is 0.161 e. The maximum absolute atomic E-state index is 6.37. The highest BCUT2D eigenvalue weighted by atomic mass is 35.5. The van der Waals surface area contributed by atoms with Crippen molar-refractivity contribution in [2.24, 2.45) is 7.05 Å². The highest BCUT2D eigenvalue weighted by Gasteiger charge is 2.24. The van der Waals surface area contributed by atoms with Gasteiger partial charge in [-0.3, -0.25) is 4.68 Å². The number of hydrogen-bond donors (Lipinski definition) is 1. The van der Waals surface area contributed by atoms with Crippen molar-refractivity contribution in [2.75, 3.05) is 13.7 Å². The highest BCUT2D eigenvalue weighted by molar-refractivity contribution is 6.35. The van der Waals surface area contributed by atoms with Gasteiger partial charge in [-0.1, -0.05) is 36.2 Å². The lowest BCUT2D eigenvalue weighted by molar-refractivity contribution is 0.400. The van der Waals surface area contributed by atoms with Crippen LogP contribution in [0.3, 0.4) is 0 Å². The molecule has 1 aromatic heterocycles. The number of benzene rings is 1. The topological polar surface area (TPSA) is 39.1 Å². The third-order valence-electron chi connectivity index (χ3n) is 3.31. The summed E-state index contributed by atoms with van der Waals surface area (Å²) in [5.41, 5.74) is 1.89. The fourth-order valence-corrected chi connectivity index (χ4v) is 2.81. The van der Waals surface area contributed by atoms with Gasteiger partial charge >= 0.3 is 0 Å². The van der Waals surface area contributed by atoms with Crippen LogP contribution in [0.4, 0.5) is 0 Å². The Kier molecular flexibility index (Phi) is 5.51. The molecule has 2 rings (SSSR count). The minimum atomic E-state index is -0.0998. The molecular weight excluding hydrogens is 309 g/mol. The zero-order valence-electron chi connectivity index (χ0n) is 12.4. The van der Waals surface area contributed by atoms with E-state index in [-0.39, 0.29) is 6.04 Å². The monoisotopic (exact) mass is 327 g/mol. The first-order valence-electron chi connectivity index (χ1n) is 6.82. The van der Waals surface area contributed by atoms with Crippen LogP contribution in [-0.2, 0) is 7.05 Å². The number of methoxy groups -OCH3 is 1. The molecule has 1 N–H and O–H groups in total. The fourth-order valence-electron chi connectivity index (χ4n) is 2.29. The van der Waals surface area contributed by atoms with Gasteiger partial charge in [-0.15, -0.1) is 0 Å². The van der Waals surface area contributed by atoms with Gasteiger partial charge in [0.25, 0.3) is 0 Å². The van der Waals surface area contributed by atoms with Crippen LogP contribution in [0.1, 0.15) is 30.6 Å². The number of rotatable bonds is 6. The summed E-state index contributed by atoms with van der Waals surface area (Å²) >= 11 is 12.4. The molecule has 4 nitrogen and oxygen atoms in total. The first-order chi connectivity index (χ1) is 10.1. The van der Waals surface area contributed by atoms with E-state index in [0.717, 1.165) is 30.0 Å². The number of hydrogen-bond acceptors (Lipinski definition) is 3. The molecule has 1 atom stereocenters. The largest absolute Gasteiger partial charge is 0.493 e. The standard InChI is InChI=1S/C15H19Cl2N3O/c1-4-7-18-14(11-6-5-10(16)8-12(11)17)15-13(21-3)9-19-20(15)2/h5-6,8-9,14,18H,4,7H2,1-3H3. The van der Waals surface area contributed by atoms with Crippen LogP contribution in [0.5, 0.6) is 5.75 Å². The van der Waals surface area contributed by atoms with Crippen LogP contribution in [0.25, 0.3) is 0 Å².